The molecular weight excluding hydrogens is 292 g/mol. The van der Waals surface area contributed by atoms with Crippen molar-refractivity contribution in [2.45, 2.75) is 36.2 Å². The third kappa shape index (κ3) is 3.50. The van der Waals surface area contributed by atoms with Gasteiger partial charge in [-0.3, -0.25) is 0 Å². The number of aromatic nitrogens is 1. The van der Waals surface area contributed by atoms with E-state index >= 15 is 0 Å². The van der Waals surface area contributed by atoms with Crippen molar-refractivity contribution < 1.29 is 23.1 Å². The highest BCUT2D eigenvalue weighted by Gasteiger charge is 2.31. The summed E-state index contributed by atoms with van der Waals surface area (Å²) in [7, 11) is -3.59. The first-order valence-electron chi connectivity index (χ1n) is 5.69. The van der Waals surface area contributed by atoms with E-state index in [1.54, 1.807) is 6.92 Å². The lowest BCUT2D eigenvalue weighted by Gasteiger charge is -2.11. The number of nitrogens with zero attached hydrogens (tertiary/aromatic N) is 1. The molecule has 1 saturated heterocycles. The molecule has 9 heteroatoms. The Morgan fingerprint density at radius 3 is 2.89 bits per heavy atom. The zero-order valence-corrected chi connectivity index (χ0v) is 11.8. The van der Waals surface area contributed by atoms with E-state index in [1.165, 1.54) is 6.20 Å². The van der Waals surface area contributed by atoms with Crippen molar-refractivity contribution in [1.82, 2.24) is 9.71 Å². The van der Waals surface area contributed by atoms with Gasteiger partial charge in [-0.2, -0.15) is 0 Å². The second-order valence-corrected chi connectivity index (χ2v) is 7.44. The zero-order valence-electron chi connectivity index (χ0n) is 10.2. The number of sulfonamides is 1. The number of rotatable bonds is 5. The summed E-state index contributed by atoms with van der Waals surface area (Å²) in [6, 6.07) is 0. The van der Waals surface area contributed by atoms with Crippen LogP contribution in [0.15, 0.2) is 10.4 Å². The molecule has 2 N–H and O–H groups in total. The van der Waals surface area contributed by atoms with Gasteiger partial charge in [0.25, 0.3) is 10.0 Å². The number of ether oxygens (including phenoxy) is 1. The van der Waals surface area contributed by atoms with E-state index in [4.69, 9.17) is 9.84 Å². The van der Waals surface area contributed by atoms with Crippen molar-refractivity contribution >= 4 is 27.3 Å². The van der Waals surface area contributed by atoms with E-state index in [9.17, 15) is 13.2 Å². The summed E-state index contributed by atoms with van der Waals surface area (Å²) in [4.78, 5) is 14.6. The predicted octanol–water partition coefficient (Wildman–Crippen LogP) is 0.362. The lowest BCUT2D eigenvalue weighted by atomic mass is 10.2. The molecule has 0 aliphatic carbocycles. The van der Waals surface area contributed by atoms with Gasteiger partial charge in [0.15, 0.2) is 10.3 Å². The molecule has 0 radical (unpaired) electrons. The van der Waals surface area contributed by atoms with E-state index < -0.39 is 28.2 Å². The minimum Gasteiger partial charge on any atom is -0.479 e. The Balaban J connectivity index is 1.91. The molecule has 0 bridgehead atoms. The molecule has 1 aliphatic rings. The standard InChI is InChI=1S/C10H14N2O5S2/c1-6-11-5-9(18-6)19(15,16)12-4-7-2-3-8(17-7)10(13)14/h5,7-8,12H,2-4H2,1H3,(H,13,14). The second kappa shape index (κ2) is 5.53. The van der Waals surface area contributed by atoms with Gasteiger partial charge in [-0.1, -0.05) is 0 Å². The van der Waals surface area contributed by atoms with E-state index in [1.807, 2.05) is 0 Å². The lowest BCUT2D eigenvalue weighted by Crippen LogP contribution is -2.32. The summed E-state index contributed by atoms with van der Waals surface area (Å²) in [5.41, 5.74) is 0. The van der Waals surface area contributed by atoms with Crippen LogP contribution in [-0.4, -0.2) is 43.2 Å². The van der Waals surface area contributed by atoms with Crippen molar-refractivity contribution in [3.63, 3.8) is 0 Å². The van der Waals surface area contributed by atoms with E-state index in [0.29, 0.717) is 17.8 Å². The Kier molecular flexibility index (Phi) is 4.19. The molecule has 1 aliphatic heterocycles. The number of thiazole rings is 1. The normalized spacial score (nSPS) is 23.6. The molecule has 2 unspecified atom stereocenters. The summed E-state index contributed by atoms with van der Waals surface area (Å²) in [6.45, 7) is 1.80. The van der Waals surface area contributed by atoms with Gasteiger partial charge in [0, 0.05) is 6.54 Å². The fraction of sp³-hybridized carbons (Fsp3) is 0.600. The summed E-state index contributed by atoms with van der Waals surface area (Å²) >= 11 is 1.09. The van der Waals surface area contributed by atoms with Crippen molar-refractivity contribution in [1.29, 1.82) is 0 Å². The zero-order chi connectivity index (χ0) is 14.0. The largest absolute Gasteiger partial charge is 0.479 e. The Morgan fingerprint density at radius 1 is 1.63 bits per heavy atom. The molecule has 1 fully saturated rings. The fourth-order valence-electron chi connectivity index (χ4n) is 1.78. The predicted molar refractivity (Wildman–Crippen MR) is 67.6 cm³/mol. The van der Waals surface area contributed by atoms with Crippen molar-refractivity contribution in [3.8, 4) is 0 Å². The maximum absolute atomic E-state index is 11.9. The lowest BCUT2D eigenvalue weighted by molar-refractivity contribution is -0.149. The Hall–Kier alpha value is -1.03. The number of aryl methyl sites for hydroxylation is 1. The molecule has 2 rings (SSSR count). The number of aliphatic carboxylic acids is 1. The molecular formula is C10H14N2O5S2. The third-order valence-electron chi connectivity index (χ3n) is 2.75. The molecule has 2 heterocycles. The number of carboxylic acid groups (broad SMARTS) is 1. The first-order valence-corrected chi connectivity index (χ1v) is 7.99. The summed E-state index contributed by atoms with van der Waals surface area (Å²) in [6.07, 6.45) is 1.01. The molecule has 1 aromatic rings. The highest BCUT2D eigenvalue weighted by atomic mass is 32.2. The molecule has 19 heavy (non-hydrogen) atoms. The minimum atomic E-state index is -3.59. The van der Waals surface area contributed by atoms with Crippen LogP contribution in [0, 0.1) is 6.92 Å². The van der Waals surface area contributed by atoms with Gasteiger partial charge in [0.05, 0.1) is 17.3 Å². The summed E-state index contributed by atoms with van der Waals surface area (Å²) < 4.78 is 31.6. The van der Waals surface area contributed by atoms with Crippen LogP contribution in [0.5, 0.6) is 0 Å². The van der Waals surface area contributed by atoms with Gasteiger partial charge in [-0.25, -0.2) is 22.9 Å². The monoisotopic (exact) mass is 306 g/mol. The van der Waals surface area contributed by atoms with Crippen LogP contribution in [-0.2, 0) is 19.6 Å². The van der Waals surface area contributed by atoms with Gasteiger partial charge in [-0.15, -0.1) is 11.3 Å². The number of hydrogen-bond acceptors (Lipinski definition) is 6. The van der Waals surface area contributed by atoms with Crippen LogP contribution in [0.25, 0.3) is 0 Å². The molecule has 2 atom stereocenters. The maximum atomic E-state index is 11.9. The molecule has 7 nitrogen and oxygen atoms in total. The summed E-state index contributed by atoms with van der Waals surface area (Å²) in [5, 5.41) is 9.44. The van der Waals surface area contributed by atoms with Crippen LogP contribution >= 0.6 is 11.3 Å². The van der Waals surface area contributed by atoms with Crippen LogP contribution in [0.4, 0.5) is 0 Å². The highest BCUT2D eigenvalue weighted by Crippen LogP contribution is 2.21. The summed E-state index contributed by atoms with van der Waals surface area (Å²) in [5.74, 6) is -1.01. The van der Waals surface area contributed by atoms with Crippen LogP contribution in [0.2, 0.25) is 0 Å². The Morgan fingerprint density at radius 2 is 2.37 bits per heavy atom. The molecule has 0 saturated carbocycles. The smallest absolute Gasteiger partial charge is 0.332 e. The Bertz CT molecular complexity index is 568. The van der Waals surface area contributed by atoms with Gasteiger partial charge in [0.1, 0.15) is 0 Å². The fourth-order valence-corrected chi connectivity index (χ4v) is 4.00. The average Bonchev–Trinajstić information content (AvgIpc) is 2.95. The first kappa shape index (κ1) is 14.4. The van der Waals surface area contributed by atoms with Gasteiger partial charge in [0.2, 0.25) is 0 Å². The van der Waals surface area contributed by atoms with Gasteiger partial charge in [-0.05, 0) is 19.8 Å². The SMILES string of the molecule is Cc1ncc(S(=O)(=O)NCC2CCC(C(=O)O)O2)s1. The Labute approximate surface area is 114 Å². The quantitative estimate of drug-likeness (QED) is 0.814. The van der Waals surface area contributed by atoms with Crippen LogP contribution < -0.4 is 4.72 Å². The van der Waals surface area contributed by atoms with Crippen molar-refractivity contribution in [3.05, 3.63) is 11.2 Å². The van der Waals surface area contributed by atoms with Crippen LogP contribution in [0.3, 0.4) is 0 Å². The molecule has 1 aromatic heterocycles. The number of carbonyl (C=O) groups is 1. The topological polar surface area (TPSA) is 106 Å². The number of carboxylic acids is 1. The number of nitrogens with one attached hydrogen (secondary N) is 1. The second-order valence-electron chi connectivity index (χ2n) is 4.21. The highest BCUT2D eigenvalue weighted by molar-refractivity contribution is 7.91. The van der Waals surface area contributed by atoms with E-state index in [-0.39, 0.29) is 10.8 Å². The average molecular weight is 306 g/mol. The molecule has 0 amide bonds. The van der Waals surface area contributed by atoms with Gasteiger partial charge >= 0.3 is 5.97 Å². The molecule has 0 aromatic carbocycles. The first-order chi connectivity index (χ1) is 8.88. The molecule has 106 valence electrons. The van der Waals surface area contributed by atoms with Crippen LogP contribution in [0.1, 0.15) is 17.8 Å². The van der Waals surface area contributed by atoms with Gasteiger partial charge < -0.3 is 9.84 Å². The maximum Gasteiger partial charge on any atom is 0.332 e. The van der Waals surface area contributed by atoms with Crippen molar-refractivity contribution in [2.24, 2.45) is 0 Å². The van der Waals surface area contributed by atoms with E-state index in [2.05, 4.69) is 9.71 Å². The van der Waals surface area contributed by atoms with E-state index in [0.717, 1.165) is 11.3 Å². The third-order valence-corrected chi connectivity index (χ3v) is 5.55. The van der Waals surface area contributed by atoms with Crippen molar-refractivity contribution in [2.75, 3.05) is 6.54 Å². The number of hydrogen-bond donors (Lipinski definition) is 2. The molecule has 0 spiro atoms. The minimum absolute atomic E-state index is 0.0725.